The monoisotopic (exact) mass is 488 g/mol. The quantitative estimate of drug-likeness (QED) is 0.187. The van der Waals surface area contributed by atoms with E-state index in [0.29, 0.717) is 11.8 Å². The van der Waals surface area contributed by atoms with Crippen LogP contribution >= 0.6 is 0 Å². The van der Waals surface area contributed by atoms with Crippen molar-refractivity contribution in [2.75, 3.05) is 7.11 Å². The van der Waals surface area contributed by atoms with Crippen LogP contribution in [-0.4, -0.2) is 39.7 Å². The molecule has 192 valence electrons. The van der Waals surface area contributed by atoms with E-state index in [-0.39, 0.29) is 41.0 Å². The zero-order valence-electron chi connectivity index (χ0n) is 22.4. The van der Waals surface area contributed by atoms with E-state index in [0.717, 1.165) is 63.1 Å². The van der Waals surface area contributed by atoms with Gasteiger partial charge in [0.2, 0.25) is 0 Å². The Kier molecular flexibility index (Phi) is 7.58. The van der Waals surface area contributed by atoms with Gasteiger partial charge in [0, 0.05) is 30.8 Å². The first-order valence-corrected chi connectivity index (χ1v) is 16.5. The Morgan fingerprint density at radius 1 is 1.15 bits per heavy atom. The normalized spacial score (nSPS) is 40.3. The molecule has 4 aliphatic rings. The molecule has 1 spiro atoms. The van der Waals surface area contributed by atoms with Gasteiger partial charge < -0.3 is 13.9 Å². The van der Waals surface area contributed by atoms with Crippen LogP contribution in [0, 0.1) is 28.6 Å². The third-order valence-electron chi connectivity index (χ3n) is 10.8. The first-order valence-electron chi connectivity index (χ1n) is 14.0. The minimum atomic E-state index is -1.93. The van der Waals surface area contributed by atoms with Crippen molar-refractivity contribution in [3.8, 4) is 0 Å². The van der Waals surface area contributed by atoms with Crippen LogP contribution in [0.25, 0.3) is 0 Å². The van der Waals surface area contributed by atoms with Crippen molar-refractivity contribution < 1.29 is 18.7 Å². The summed E-state index contributed by atoms with van der Waals surface area (Å²) in [5.74, 6) is 0.884. The molecule has 4 aliphatic carbocycles. The maximum absolute atomic E-state index is 12.7. The summed E-state index contributed by atoms with van der Waals surface area (Å²) in [5, 5.41) is 0. The van der Waals surface area contributed by atoms with Crippen molar-refractivity contribution >= 4 is 14.3 Å². The second kappa shape index (κ2) is 9.86. The second-order valence-electron chi connectivity index (χ2n) is 11.7. The molecule has 2 bridgehead atoms. The van der Waals surface area contributed by atoms with Crippen molar-refractivity contribution in [3.05, 3.63) is 24.8 Å². The summed E-state index contributed by atoms with van der Waals surface area (Å²) in [5.41, 5.74) is 0.970. The Labute approximate surface area is 209 Å². The van der Waals surface area contributed by atoms with Gasteiger partial charge in [0.15, 0.2) is 8.32 Å². The number of ether oxygens (including phenoxy) is 2. The molecule has 0 heterocycles. The van der Waals surface area contributed by atoms with Crippen LogP contribution in [0.4, 0.5) is 0 Å². The largest absolute Gasteiger partial charge is 0.461 e. The zero-order chi connectivity index (χ0) is 24.7. The molecule has 0 N–H and O–H groups in total. The first kappa shape index (κ1) is 26.2. The van der Waals surface area contributed by atoms with Gasteiger partial charge in [0.25, 0.3) is 0 Å². The van der Waals surface area contributed by atoms with Crippen LogP contribution in [-0.2, 0) is 18.7 Å². The van der Waals surface area contributed by atoms with E-state index in [1.54, 1.807) is 6.92 Å². The van der Waals surface area contributed by atoms with Gasteiger partial charge in [-0.3, -0.25) is 4.79 Å². The minimum Gasteiger partial charge on any atom is -0.461 e. The number of esters is 1. The van der Waals surface area contributed by atoms with Crippen LogP contribution in [0.3, 0.4) is 0 Å². The summed E-state index contributed by atoms with van der Waals surface area (Å²) < 4.78 is 20.2. The third-order valence-corrected chi connectivity index (χ3v) is 15.5. The van der Waals surface area contributed by atoms with Gasteiger partial charge in [-0.1, -0.05) is 45.4 Å². The molecule has 4 saturated carbocycles. The highest BCUT2D eigenvalue weighted by atomic mass is 28.4. The Morgan fingerprint density at radius 2 is 1.85 bits per heavy atom. The van der Waals surface area contributed by atoms with E-state index in [4.69, 9.17) is 13.9 Å². The molecule has 4 nitrogen and oxygen atoms in total. The molecule has 8 atom stereocenters. The van der Waals surface area contributed by atoms with Crippen molar-refractivity contribution in [1.29, 1.82) is 0 Å². The fraction of sp³-hybridized carbons (Fsp3) is 0.828. The number of hydrogen-bond donors (Lipinski definition) is 0. The molecule has 0 aliphatic heterocycles. The molecular weight excluding hydrogens is 440 g/mol. The van der Waals surface area contributed by atoms with Crippen molar-refractivity contribution in [1.82, 2.24) is 0 Å². The van der Waals surface area contributed by atoms with Gasteiger partial charge in [-0.05, 0) is 74.9 Å². The SMILES string of the molecule is C=C[C@H]1[C@H]2CC[C@]1([C@@H](O[Si](CC)(CC)CC)[C@H]1CCCC1=C)[C@H](OC(C)=O)[C@@]21CCC[C@@H]1OC. The highest BCUT2D eigenvalue weighted by Gasteiger charge is 2.77. The van der Waals surface area contributed by atoms with Crippen LogP contribution in [0.1, 0.15) is 79.1 Å². The van der Waals surface area contributed by atoms with Crippen molar-refractivity contribution in [2.24, 2.45) is 28.6 Å². The summed E-state index contributed by atoms with van der Waals surface area (Å²) in [4.78, 5) is 12.7. The smallest absolute Gasteiger partial charge is 0.302 e. The maximum atomic E-state index is 12.7. The van der Waals surface area contributed by atoms with E-state index in [9.17, 15) is 4.79 Å². The van der Waals surface area contributed by atoms with E-state index in [2.05, 4.69) is 40.0 Å². The Balaban J connectivity index is 1.90. The molecule has 0 aromatic carbocycles. The fourth-order valence-corrected chi connectivity index (χ4v) is 12.1. The third kappa shape index (κ3) is 3.63. The van der Waals surface area contributed by atoms with Gasteiger partial charge in [0.1, 0.15) is 6.10 Å². The molecule has 0 radical (unpaired) electrons. The molecule has 5 heteroatoms. The number of hydrogen-bond acceptors (Lipinski definition) is 4. The lowest BCUT2D eigenvalue weighted by atomic mass is 9.61. The highest BCUT2D eigenvalue weighted by Crippen LogP contribution is 2.74. The van der Waals surface area contributed by atoms with Crippen LogP contribution in [0.15, 0.2) is 24.8 Å². The van der Waals surface area contributed by atoms with E-state index >= 15 is 0 Å². The van der Waals surface area contributed by atoms with Crippen molar-refractivity contribution in [2.45, 2.75) is 116 Å². The molecule has 0 unspecified atom stereocenters. The molecule has 4 fully saturated rings. The van der Waals surface area contributed by atoms with Crippen LogP contribution < -0.4 is 0 Å². The average Bonchev–Trinajstić information content (AvgIpc) is 3.58. The number of allylic oxidation sites excluding steroid dienone is 1. The van der Waals surface area contributed by atoms with Gasteiger partial charge >= 0.3 is 5.97 Å². The number of carbonyl (C=O) groups is 1. The Hall–Kier alpha value is -0.913. The zero-order valence-corrected chi connectivity index (χ0v) is 23.4. The standard InChI is InChI=1S/C29H48O4Si/c1-8-23-24-17-19-29(23,27(32-21(6)30)28(24)18-13-16-25(28)31-7)26(22-15-12-14-20(22)5)33-34(9-2,10-3)11-4/h8,22-27H,1,5,9-19H2,2-4,6-7H3/t22-,23-,24+,25-,26-,27+,28-,29-/m0/s1. The van der Waals surface area contributed by atoms with E-state index < -0.39 is 8.32 Å². The lowest BCUT2D eigenvalue weighted by Gasteiger charge is -2.53. The predicted octanol–water partition coefficient (Wildman–Crippen LogP) is 7.06. The molecule has 0 saturated heterocycles. The number of methoxy groups -OCH3 is 1. The number of fused-ring (bicyclic) bond motifs is 3. The highest BCUT2D eigenvalue weighted by molar-refractivity contribution is 6.73. The molecule has 0 amide bonds. The van der Waals surface area contributed by atoms with Gasteiger partial charge in [0.05, 0.1) is 12.2 Å². The molecule has 0 aromatic rings. The summed E-state index contributed by atoms with van der Waals surface area (Å²) in [6.07, 6.45) is 11.0. The fourth-order valence-electron chi connectivity index (χ4n) is 9.20. The van der Waals surface area contributed by atoms with E-state index in [1.807, 2.05) is 7.11 Å². The molecule has 4 rings (SSSR count). The number of carbonyl (C=O) groups excluding carboxylic acids is 1. The second-order valence-corrected chi connectivity index (χ2v) is 16.4. The summed E-state index contributed by atoms with van der Waals surface area (Å²) >= 11 is 0. The molecule has 0 aromatic heterocycles. The van der Waals surface area contributed by atoms with Gasteiger partial charge in [-0.15, -0.1) is 6.58 Å². The lowest BCUT2D eigenvalue weighted by molar-refractivity contribution is -0.189. The lowest BCUT2D eigenvalue weighted by Crippen LogP contribution is -2.59. The maximum Gasteiger partial charge on any atom is 0.302 e. The molecular formula is C29H48O4Si. The minimum absolute atomic E-state index is 0.0452. The summed E-state index contributed by atoms with van der Waals surface area (Å²) in [7, 11) is -0.0780. The first-order chi connectivity index (χ1) is 16.3. The van der Waals surface area contributed by atoms with Gasteiger partial charge in [-0.2, -0.15) is 0 Å². The molecule has 34 heavy (non-hydrogen) atoms. The Bertz CT molecular complexity index is 783. The topological polar surface area (TPSA) is 44.8 Å². The Morgan fingerprint density at radius 3 is 2.38 bits per heavy atom. The van der Waals surface area contributed by atoms with Crippen LogP contribution in [0.5, 0.6) is 0 Å². The van der Waals surface area contributed by atoms with Crippen LogP contribution in [0.2, 0.25) is 18.1 Å². The summed E-state index contributed by atoms with van der Waals surface area (Å²) in [6.45, 7) is 17.5. The predicted molar refractivity (Wildman–Crippen MR) is 140 cm³/mol. The average molecular weight is 489 g/mol. The van der Waals surface area contributed by atoms with Crippen molar-refractivity contribution in [3.63, 3.8) is 0 Å². The van der Waals surface area contributed by atoms with E-state index in [1.165, 1.54) is 12.0 Å². The number of rotatable bonds is 10. The summed E-state index contributed by atoms with van der Waals surface area (Å²) in [6, 6.07) is 3.37. The van der Waals surface area contributed by atoms with Gasteiger partial charge in [-0.25, -0.2) is 0 Å².